The Labute approximate surface area is 163 Å². The van der Waals surface area contributed by atoms with Gasteiger partial charge in [0.25, 0.3) is 10.0 Å². The van der Waals surface area contributed by atoms with Crippen molar-refractivity contribution >= 4 is 27.0 Å². The first kappa shape index (κ1) is 19.4. The van der Waals surface area contributed by atoms with E-state index in [0.29, 0.717) is 23.7 Å². The molecule has 0 aliphatic heterocycles. The van der Waals surface area contributed by atoms with Gasteiger partial charge in [-0.05, 0) is 58.0 Å². The summed E-state index contributed by atoms with van der Waals surface area (Å²) >= 11 is 1.56. The molecule has 0 fully saturated rings. The van der Waals surface area contributed by atoms with Crippen molar-refractivity contribution in [2.75, 3.05) is 11.3 Å². The van der Waals surface area contributed by atoms with E-state index >= 15 is 0 Å². The van der Waals surface area contributed by atoms with E-state index in [9.17, 15) is 8.42 Å². The molecular weight excluding hydrogens is 382 g/mol. The molecule has 0 unspecified atom stereocenters. The van der Waals surface area contributed by atoms with Gasteiger partial charge in [0, 0.05) is 23.3 Å². The summed E-state index contributed by atoms with van der Waals surface area (Å²) < 4.78 is 35.8. The first-order chi connectivity index (χ1) is 12.7. The minimum absolute atomic E-state index is 0.249. The Morgan fingerprint density at radius 1 is 1.19 bits per heavy atom. The van der Waals surface area contributed by atoms with Crippen LogP contribution in [0.5, 0.6) is 5.75 Å². The fourth-order valence-corrected chi connectivity index (χ4v) is 5.04. The smallest absolute Gasteiger partial charge is 0.263 e. The summed E-state index contributed by atoms with van der Waals surface area (Å²) in [6.07, 6.45) is 0. The lowest BCUT2D eigenvalue weighted by molar-refractivity contribution is 0.340. The summed E-state index contributed by atoms with van der Waals surface area (Å²) in [5.41, 5.74) is 2.91. The number of ether oxygens (including phenoxy) is 1. The summed E-state index contributed by atoms with van der Waals surface area (Å²) in [6.45, 7) is 8.22. The Morgan fingerprint density at radius 3 is 2.41 bits per heavy atom. The number of nitrogens with zero attached hydrogens (tertiary/aromatic N) is 2. The van der Waals surface area contributed by atoms with Gasteiger partial charge in [-0.1, -0.05) is 0 Å². The van der Waals surface area contributed by atoms with E-state index in [1.807, 2.05) is 32.4 Å². The van der Waals surface area contributed by atoms with Crippen LogP contribution in [0, 0.1) is 20.8 Å². The van der Waals surface area contributed by atoms with Gasteiger partial charge in [0.05, 0.1) is 18.0 Å². The SMILES string of the molecule is CCOc1ccc(NS(=O)(=O)c2cc(-c3nc(C)c(C)s3)n(C)c2C)cc1. The first-order valence-corrected chi connectivity index (χ1v) is 10.9. The van der Waals surface area contributed by atoms with E-state index in [0.717, 1.165) is 21.3 Å². The van der Waals surface area contributed by atoms with Crippen molar-refractivity contribution in [2.45, 2.75) is 32.6 Å². The number of aryl methyl sites for hydroxylation is 2. The average molecular weight is 406 g/mol. The molecule has 3 aromatic rings. The lowest BCUT2D eigenvalue weighted by Gasteiger charge is -2.09. The van der Waals surface area contributed by atoms with Gasteiger partial charge in [0.2, 0.25) is 0 Å². The topological polar surface area (TPSA) is 73.2 Å². The molecule has 0 saturated carbocycles. The number of benzene rings is 1. The van der Waals surface area contributed by atoms with E-state index in [-0.39, 0.29) is 4.90 Å². The second kappa shape index (κ2) is 7.36. The van der Waals surface area contributed by atoms with Crippen molar-refractivity contribution in [1.82, 2.24) is 9.55 Å². The number of sulfonamides is 1. The summed E-state index contributed by atoms with van der Waals surface area (Å²) in [5, 5.41) is 0.818. The predicted octanol–water partition coefficient (Wildman–Crippen LogP) is 4.27. The number of aromatic nitrogens is 2. The maximum absolute atomic E-state index is 12.9. The molecule has 0 saturated heterocycles. The van der Waals surface area contributed by atoms with E-state index in [1.54, 1.807) is 48.6 Å². The fraction of sp³-hybridized carbons (Fsp3) is 0.316. The number of anilines is 1. The van der Waals surface area contributed by atoms with Crippen molar-refractivity contribution < 1.29 is 13.2 Å². The molecule has 6 nitrogen and oxygen atoms in total. The molecule has 0 aliphatic carbocycles. The van der Waals surface area contributed by atoms with Crippen molar-refractivity contribution in [3.8, 4) is 16.5 Å². The Kier molecular flexibility index (Phi) is 5.30. The van der Waals surface area contributed by atoms with Crippen molar-refractivity contribution in [3.05, 3.63) is 46.6 Å². The van der Waals surface area contributed by atoms with Crippen LogP contribution in [-0.4, -0.2) is 24.6 Å². The van der Waals surface area contributed by atoms with E-state index in [1.165, 1.54) is 0 Å². The van der Waals surface area contributed by atoms with Gasteiger partial charge in [-0.3, -0.25) is 4.72 Å². The average Bonchev–Trinajstić information content (AvgIpc) is 3.10. The molecule has 1 N–H and O–H groups in total. The van der Waals surface area contributed by atoms with E-state index < -0.39 is 10.0 Å². The highest BCUT2D eigenvalue weighted by Crippen LogP contribution is 2.32. The number of rotatable bonds is 6. The van der Waals surface area contributed by atoms with Crippen LogP contribution in [0.1, 0.15) is 23.2 Å². The zero-order chi connectivity index (χ0) is 19.8. The van der Waals surface area contributed by atoms with Crippen molar-refractivity contribution in [2.24, 2.45) is 7.05 Å². The highest BCUT2D eigenvalue weighted by Gasteiger charge is 2.23. The highest BCUT2D eigenvalue weighted by atomic mass is 32.2. The number of hydrogen-bond acceptors (Lipinski definition) is 5. The Balaban J connectivity index is 1.93. The fourth-order valence-electron chi connectivity index (χ4n) is 2.73. The molecular formula is C19H23N3O3S2. The van der Waals surface area contributed by atoms with Crippen LogP contribution >= 0.6 is 11.3 Å². The molecule has 0 atom stereocenters. The zero-order valence-electron chi connectivity index (χ0n) is 16.0. The molecule has 0 spiro atoms. The van der Waals surface area contributed by atoms with Gasteiger partial charge in [0.1, 0.15) is 15.7 Å². The van der Waals surface area contributed by atoms with Crippen LogP contribution in [0.15, 0.2) is 35.2 Å². The molecule has 3 rings (SSSR count). The van der Waals surface area contributed by atoms with Gasteiger partial charge in [-0.2, -0.15) is 0 Å². The molecule has 0 bridgehead atoms. The molecule has 27 heavy (non-hydrogen) atoms. The Hall–Kier alpha value is -2.32. The summed E-state index contributed by atoms with van der Waals surface area (Å²) in [6, 6.07) is 8.55. The second-order valence-corrected chi connectivity index (χ2v) is 9.12. The third-order valence-electron chi connectivity index (χ3n) is 4.44. The quantitative estimate of drug-likeness (QED) is 0.664. The predicted molar refractivity (Wildman–Crippen MR) is 109 cm³/mol. The van der Waals surface area contributed by atoms with Crippen LogP contribution in [0.25, 0.3) is 10.7 Å². The van der Waals surface area contributed by atoms with Gasteiger partial charge >= 0.3 is 0 Å². The van der Waals surface area contributed by atoms with Gasteiger partial charge in [0.15, 0.2) is 0 Å². The molecule has 0 radical (unpaired) electrons. The number of nitrogens with one attached hydrogen (secondary N) is 1. The third kappa shape index (κ3) is 3.86. The minimum atomic E-state index is -3.72. The van der Waals surface area contributed by atoms with Crippen LogP contribution in [-0.2, 0) is 17.1 Å². The molecule has 2 aromatic heterocycles. The first-order valence-electron chi connectivity index (χ1n) is 8.59. The molecule has 2 heterocycles. The number of thiazole rings is 1. The largest absolute Gasteiger partial charge is 0.494 e. The van der Waals surface area contributed by atoms with Gasteiger partial charge in [-0.15, -0.1) is 11.3 Å². The maximum atomic E-state index is 12.9. The minimum Gasteiger partial charge on any atom is -0.494 e. The van der Waals surface area contributed by atoms with E-state index in [2.05, 4.69) is 9.71 Å². The molecule has 0 aliphatic rings. The van der Waals surface area contributed by atoms with Crippen LogP contribution in [0.3, 0.4) is 0 Å². The molecule has 0 amide bonds. The van der Waals surface area contributed by atoms with Crippen molar-refractivity contribution in [3.63, 3.8) is 0 Å². The summed E-state index contributed by atoms with van der Waals surface area (Å²) in [5.74, 6) is 0.702. The van der Waals surface area contributed by atoms with Crippen molar-refractivity contribution in [1.29, 1.82) is 0 Å². The van der Waals surface area contributed by atoms with Gasteiger partial charge in [-0.25, -0.2) is 13.4 Å². The third-order valence-corrected chi connectivity index (χ3v) is 7.04. The van der Waals surface area contributed by atoms with Crippen LogP contribution in [0.4, 0.5) is 5.69 Å². The second-order valence-electron chi connectivity index (χ2n) is 6.26. The number of hydrogen-bond donors (Lipinski definition) is 1. The molecule has 144 valence electrons. The molecule has 1 aromatic carbocycles. The highest BCUT2D eigenvalue weighted by molar-refractivity contribution is 7.92. The Morgan fingerprint density at radius 2 is 1.85 bits per heavy atom. The van der Waals surface area contributed by atoms with Gasteiger partial charge < -0.3 is 9.30 Å². The van der Waals surface area contributed by atoms with Crippen LogP contribution in [0.2, 0.25) is 0 Å². The normalized spacial score (nSPS) is 11.6. The Bertz CT molecular complexity index is 1050. The lowest BCUT2D eigenvalue weighted by Crippen LogP contribution is -2.13. The zero-order valence-corrected chi connectivity index (χ0v) is 17.7. The summed E-state index contributed by atoms with van der Waals surface area (Å²) in [7, 11) is -1.86. The maximum Gasteiger partial charge on any atom is 0.263 e. The van der Waals surface area contributed by atoms with Crippen LogP contribution < -0.4 is 9.46 Å². The monoisotopic (exact) mass is 405 g/mol. The molecule has 8 heteroatoms. The standard InChI is InChI=1S/C19H23N3O3S2/c1-6-25-16-9-7-15(8-10-16)21-27(23,24)18-11-17(22(5)13(18)3)19-20-12(2)14(4)26-19/h7-11,21H,6H2,1-5H3. The lowest BCUT2D eigenvalue weighted by atomic mass is 10.3. The summed E-state index contributed by atoms with van der Waals surface area (Å²) in [4.78, 5) is 5.93. The van der Waals surface area contributed by atoms with E-state index in [4.69, 9.17) is 4.74 Å².